The third kappa shape index (κ3) is 5.05. The Balaban J connectivity index is 3.29. The number of hydrogen-bond acceptors (Lipinski definition) is 5. The van der Waals surface area contributed by atoms with E-state index in [1.54, 1.807) is 20.8 Å². The second kappa shape index (κ2) is 6.48. The van der Waals surface area contributed by atoms with Crippen LogP contribution in [0.5, 0.6) is 0 Å². The van der Waals surface area contributed by atoms with Crippen LogP contribution in [0.2, 0.25) is 0 Å². The Labute approximate surface area is 123 Å². The summed E-state index contributed by atoms with van der Waals surface area (Å²) in [7, 11) is -3.91. The van der Waals surface area contributed by atoms with Gasteiger partial charge in [0.05, 0.1) is 0 Å². The van der Waals surface area contributed by atoms with Crippen LogP contribution >= 0.6 is 0 Å². The summed E-state index contributed by atoms with van der Waals surface area (Å²) < 4.78 is 45.0. The zero-order valence-electron chi connectivity index (χ0n) is 12.4. The predicted octanol–water partition coefficient (Wildman–Crippen LogP) is 1.73. The van der Waals surface area contributed by atoms with Gasteiger partial charge in [0.1, 0.15) is 17.3 Å². The second-order valence-electron chi connectivity index (χ2n) is 5.49. The molecule has 1 unspecified atom stereocenters. The molecule has 1 heterocycles. The molecule has 0 aliphatic heterocycles. The Kier molecular flexibility index (Phi) is 5.41. The van der Waals surface area contributed by atoms with Gasteiger partial charge in [-0.2, -0.15) is 0 Å². The molecule has 118 valence electrons. The molecule has 0 aliphatic carbocycles. The summed E-state index contributed by atoms with van der Waals surface area (Å²) in [4.78, 5) is 14.7. The average molecular weight is 318 g/mol. The number of carbonyl (C=O) groups excluding carboxylic acids is 1. The lowest BCUT2D eigenvalue weighted by molar-refractivity contribution is -0.147. The third-order valence-electron chi connectivity index (χ3n) is 2.28. The summed E-state index contributed by atoms with van der Waals surface area (Å²) in [6, 6.07) is 2.71. The van der Waals surface area contributed by atoms with Crippen LogP contribution < -0.4 is 4.72 Å². The molecule has 0 spiro atoms. The summed E-state index contributed by atoms with van der Waals surface area (Å²) in [5, 5.41) is 0. The highest BCUT2D eigenvalue weighted by atomic mass is 32.2. The number of rotatable bonds is 5. The summed E-state index contributed by atoms with van der Waals surface area (Å²) in [6.07, 6.45) is -0.0346. The van der Waals surface area contributed by atoms with E-state index >= 15 is 0 Å². The fourth-order valence-electron chi connectivity index (χ4n) is 1.69. The molecule has 0 saturated heterocycles. The highest BCUT2D eigenvalue weighted by Gasteiger charge is 2.29. The molecule has 0 fully saturated rings. The van der Waals surface area contributed by atoms with Crippen molar-refractivity contribution in [3.8, 4) is 0 Å². The lowest BCUT2D eigenvalue weighted by atomic mass is 10.1. The monoisotopic (exact) mass is 318 g/mol. The molecule has 1 aromatic rings. The molecule has 0 bridgehead atoms. The van der Waals surface area contributed by atoms with Crippen molar-refractivity contribution in [2.75, 3.05) is 6.67 Å². The van der Waals surface area contributed by atoms with Gasteiger partial charge in [-0.15, -0.1) is 0 Å². The fourth-order valence-corrected chi connectivity index (χ4v) is 3.32. The molecule has 0 saturated carbocycles. The quantitative estimate of drug-likeness (QED) is 0.836. The van der Waals surface area contributed by atoms with Crippen molar-refractivity contribution in [3.05, 3.63) is 24.0 Å². The SMILES string of the molecule is CC(=O)OC(CF)c1ncccc1S(=O)(=O)NC(C)(C)C. The van der Waals surface area contributed by atoms with Crippen molar-refractivity contribution in [3.63, 3.8) is 0 Å². The molecule has 0 radical (unpaired) electrons. The molecule has 1 aromatic heterocycles. The molecule has 1 rings (SSSR count). The number of alkyl halides is 1. The van der Waals surface area contributed by atoms with E-state index in [1.165, 1.54) is 18.3 Å². The summed E-state index contributed by atoms with van der Waals surface area (Å²) in [5.74, 6) is -0.713. The Hall–Kier alpha value is -1.54. The molecule has 0 amide bonds. The molecule has 8 heteroatoms. The molecule has 6 nitrogen and oxygen atoms in total. The zero-order valence-corrected chi connectivity index (χ0v) is 13.2. The Morgan fingerprint density at radius 2 is 2.10 bits per heavy atom. The van der Waals surface area contributed by atoms with Crippen LogP contribution in [0.1, 0.15) is 39.5 Å². The normalized spacial score (nSPS) is 13.8. The van der Waals surface area contributed by atoms with E-state index in [9.17, 15) is 17.6 Å². The molecular weight excluding hydrogens is 299 g/mol. The number of hydrogen-bond donors (Lipinski definition) is 1. The first-order chi connectivity index (χ1) is 9.57. The number of nitrogens with one attached hydrogen (secondary N) is 1. The van der Waals surface area contributed by atoms with Crippen LogP contribution in [0.25, 0.3) is 0 Å². The van der Waals surface area contributed by atoms with E-state index < -0.39 is 34.3 Å². The second-order valence-corrected chi connectivity index (χ2v) is 7.15. The Morgan fingerprint density at radius 1 is 1.48 bits per heavy atom. The molecule has 0 aromatic carbocycles. The Bertz CT molecular complexity index is 611. The molecular formula is C13H19FN2O4S. The van der Waals surface area contributed by atoms with Crippen molar-refractivity contribution in [1.82, 2.24) is 9.71 Å². The van der Waals surface area contributed by atoms with Crippen LogP contribution in [0.3, 0.4) is 0 Å². The number of pyridine rings is 1. The summed E-state index contributed by atoms with van der Waals surface area (Å²) >= 11 is 0. The maximum Gasteiger partial charge on any atom is 0.303 e. The minimum atomic E-state index is -3.91. The van der Waals surface area contributed by atoms with Crippen molar-refractivity contribution in [2.45, 2.75) is 44.2 Å². The van der Waals surface area contributed by atoms with Crippen LogP contribution in [0.4, 0.5) is 4.39 Å². The largest absolute Gasteiger partial charge is 0.453 e. The summed E-state index contributed by atoms with van der Waals surface area (Å²) in [5.41, 5.74) is -0.842. The highest BCUT2D eigenvalue weighted by molar-refractivity contribution is 7.89. The van der Waals surface area contributed by atoms with Crippen LogP contribution in [0.15, 0.2) is 23.2 Å². The van der Waals surface area contributed by atoms with E-state index in [1.807, 2.05) is 0 Å². The maximum absolute atomic E-state index is 13.1. The minimum absolute atomic E-state index is 0.132. The van der Waals surface area contributed by atoms with E-state index in [-0.39, 0.29) is 10.6 Å². The number of ether oxygens (including phenoxy) is 1. The van der Waals surface area contributed by atoms with Crippen molar-refractivity contribution in [1.29, 1.82) is 0 Å². The first-order valence-electron chi connectivity index (χ1n) is 6.29. The van der Waals surface area contributed by atoms with Gasteiger partial charge in [0.2, 0.25) is 10.0 Å². The topological polar surface area (TPSA) is 85.4 Å². The smallest absolute Gasteiger partial charge is 0.303 e. The average Bonchev–Trinajstić information content (AvgIpc) is 2.33. The van der Waals surface area contributed by atoms with E-state index in [2.05, 4.69) is 9.71 Å². The lowest BCUT2D eigenvalue weighted by Crippen LogP contribution is -2.41. The molecule has 21 heavy (non-hydrogen) atoms. The van der Waals surface area contributed by atoms with Gasteiger partial charge in [-0.3, -0.25) is 9.78 Å². The number of carbonyl (C=O) groups is 1. The van der Waals surface area contributed by atoms with Crippen LogP contribution in [0, 0.1) is 0 Å². The lowest BCUT2D eigenvalue weighted by Gasteiger charge is -2.22. The maximum atomic E-state index is 13.1. The molecule has 1 N–H and O–H groups in total. The van der Waals surface area contributed by atoms with Crippen LogP contribution in [-0.2, 0) is 19.6 Å². The van der Waals surface area contributed by atoms with E-state index in [4.69, 9.17) is 4.74 Å². The number of esters is 1. The van der Waals surface area contributed by atoms with Crippen molar-refractivity contribution >= 4 is 16.0 Å². The molecule has 0 aliphatic rings. The van der Waals surface area contributed by atoms with Crippen molar-refractivity contribution in [2.24, 2.45) is 0 Å². The van der Waals surface area contributed by atoms with Gasteiger partial charge in [-0.1, -0.05) is 0 Å². The van der Waals surface area contributed by atoms with Gasteiger partial charge in [0, 0.05) is 18.7 Å². The minimum Gasteiger partial charge on any atom is -0.453 e. The number of halogens is 1. The number of aromatic nitrogens is 1. The highest BCUT2D eigenvalue weighted by Crippen LogP contribution is 2.24. The van der Waals surface area contributed by atoms with Gasteiger partial charge >= 0.3 is 5.97 Å². The van der Waals surface area contributed by atoms with Crippen molar-refractivity contribution < 1.29 is 22.3 Å². The fraction of sp³-hybridized carbons (Fsp3) is 0.538. The first kappa shape index (κ1) is 17.5. The van der Waals surface area contributed by atoms with Crippen LogP contribution in [-0.4, -0.2) is 31.6 Å². The Morgan fingerprint density at radius 3 is 2.57 bits per heavy atom. The van der Waals surface area contributed by atoms with Gasteiger partial charge < -0.3 is 4.74 Å². The number of nitrogens with zero attached hydrogens (tertiary/aromatic N) is 1. The zero-order chi connectivity index (χ0) is 16.3. The standard InChI is InChI=1S/C13H19FN2O4S/c1-9(17)20-10(8-14)12-11(6-5-7-15-12)21(18,19)16-13(2,3)4/h5-7,10,16H,8H2,1-4H3. The van der Waals surface area contributed by atoms with Gasteiger partial charge in [-0.25, -0.2) is 17.5 Å². The predicted molar refractivity (Wildman–Crippen MR) is 74.8 cm³/mol. The third-order valence-corrected chi connectivity index (χ3v) is 4.09. The van der Waals surface area contributed by atoms with Gasteiger partial charge in [0.25, 0.3) is 0 Å². The van der Waals surface area contributed by atoms with E-state index in [0.29, 0.717) is 0 Å². The van der Waals surface area contributed by atoms with Gasteiger partial charge in [-0.05, 0) is 32.9 Å². The molecule has 1 atom stereocenters. The summed E-state index contributed by atoms with van der Waals surface area (Å²) in [6.45, 7) is 5.10. The van der Waals surface area contributed by atoms with Gasteiger partial charge in [0.15, 0.2) is 6.10 Å². The first-order valence-corrected chi connectivity index (χ1v) is 7.77. The van der Waals surface area contributed by atoms with E-state index in [0.717, 1.165) is 6.92 Å². The number of sulfonamides is 1.